The molecular formula is C16H14N2S. The van der Waals surface area contributed by atoms with Crippen LogP contribution in [0.4, 0.5) is 0 Å². The number of thiazole rings is 1. The Balaban J connectivity index is 1.82. The van der Waals surface area contributed by atoms with Gasteiger partial charge in [-0.3, -0.25) is 4.99 Å². The number of benzene rings is 2. The molecule has 0 fully saturated rings. The highest BCUT2D eigenvalue weighted by Gasteiger charge is 2.03. The summed E-state index contributed by atoms with van der Waals surface area (Å²) in [7, 11) is 0. The lowest BCUT2D eigenvalue weighted by atomic mass is 10.1. The van der Waals surface area contributed by atoms with Crippen LogP contribution >= 0.6 is 11.3 Å². The van der Waals surface area contributed by atoms with Gasteiger partial charge in [0.05, 0.1) is 22.5 Å². The first-order valence-corrected chi connectivity index (χ1v) is 7.08. The average molecular weight is 266 g/mol. The van der Waals surface area contributed by atoms with Gasteiger partial charge in [-0.15, -0.1) is 11.3 Å². The van der Waals surface area contributed by atoms with Crippen molar-refractivity contribution in [2.24, 2.45) is 4.99 Å². The zero-order chi connectivity index (χ0) is 13.1. The molecule has 3 rings (SSSR count). The Bertz CT molecular complexity index is 668. The quantitative estimate of drug-likeness (QED) is 0.642. The molecule has 1 atom stereocenters. The molecule has 0 saturated carbocycles. The fourth-order valence-corrected chi connectivity index (χ4v) is 2.79. The van der Waals surface area contributed by atoms with Crippen LogP contribution in [-0.4, -0.2) is 11.2 Å². The maximum atomic E-state index is 4.58. The molecule has 0 aliphatic carbocycles. The summed E-state index contributed by atoms with van der Waals surface area (Å²) in [5.41, 5.74) is 2.26. The number of fused-ring (bicyclic) bond motifs is 1. The molecule has 2 aromatic carbocycles. The average Bonchev–Trinajstić information content (AvgIpc) is 2.88. The number of aliphatic imine (C=N–C) groups is 1. The molecule has 0 spiro atoms. The first-order chi connectivity index (χ1) is 9.33. The van der Waals surface area contributed by atoms with Crippen LogP contribution in [0, 0.1) is 0 Å². The van der Waals surface area contributed by atoms with Crippen molar-refractivity contribution in [2.75, 3.05) is 0 Å². The van der Waals surface area contributed by atoms with Gasteiger partial charge in [-0.2, -0.15) is 0 Å². The highest BCUT2D eigenvalue weighted by molar-refractivity contribution is 7.20. The first-order valence-electron chi connectivity index (χ1n) is 6.26. The fourth-order valence-electron chi connectivity index (χ4n) is 1.94. The van der Waals surface area contributed by atoms with E-state index in [0.717, 1.165) is 10.5 Å². The van der Waals surface area contributed by atoms with Crippen molar-refractivity contribution in [2.45, 2.75) is 13.0 Å². The lowest BCUT2D eigenvalue weighted by Gasteiger charge is -2.04. The van der Waals surface area contributed by atoms with Crippen molar-refractivity contribution in [3.05, 3.63) is 65.2 Å². The van der Waals surface area contributed by atoms with Crippen molar-refractivity contribution in [3.63, 3.8) is 0 Å². The zero-order valence-corrected chi connectivity index (χ0v) is 11.5. The van der Waals surface area contributed by atoms with E-state index in [4.69, 9.17) is 0 Å². The van der Waals surface area contributed by atoms with Gasteiger partial charge in [0.2, 0.25) is 0 Å². The highest BCUT2D eigenvalue weighted by Crippen LogP contribution is 2.21. The van der Waals surface area contributed by atoms with Crippen LogP contribution in [0.1, 0.15) is 23.5 Å². The zero-order valence-electron chi connectivity index (χ0n) is 10.7. The summed E-state index contributed by atoms with van der Waals surface area (Å²) in [6.45, 7) is 2.10. The van der Waals surface area contributed by atoms with Gasteiger partial charge >= 0.3 is 0 Å². The van der Waals surface area contributed by atoms with Gasteiger partial charge in [-0.05, 0) is 24.6 Å². The van der Waals surface area contributed by atoms with E-state index >= 15 is 0 Å². The standard InChI is InChI=1S/C16H14N2S/c1-12(13-7-3-2-4-8-13)17-11-16-18-14-9-5-6-10-15(14)19-16/h2-12H,1H3/t12-/m0/s1. The van der Waals surface area contributed by atoms with Crippen molar-refractivity contribution in [1.29, 1.82) is 0 Å². The first kappa shape index (κ1) is 12.1. The SMILES string of the molecule is C[C@H](N=Cc1nc2ccccc2s1)c1ccccc1. The van der Waals surface area contributed by atoms with Crippen molar-refractivity contribution in [3.8, 4) is 0 Å². The number of hydrogen-bond acceptors (Lipinski definition) is 3. The lowest BCUT2D eigenvalue weighted by molar-refractivity contribution is 0.825. The minimum atomic E-state index is 0.160. The van der Waals surface area contributed by atoms with Gasteiger partial charge < -0.3 is 0 Å². The molecule has 1 heterocycles. The predicted molar refractivity (Wildman–Crippen MR) is 82.1 cm³/mol. The van der Waals surface area contributed by atoms with Crippen LogP contribution in [0.25, 0.3) is 10.2 Å². The minimum Gasteiger partial charge on any atom is -0.282 e. The molecule has 0 N–H and O–H groups in total. The second kappa shape index (κ2) is 5.33. The Morgan fingerprint density at radius 1 is 1.05 bits per heavy atom. The Labute approximate surface area is 116 Å². The van der Waals surface area contributed by atoms with E-state index in [1.165, 1.54) is 10.3 Å². The molecule has 19 heavy (non-hydrogen) atoms. The lowest BCUT2D eigenvalue weighted by Crippen LogP contribution is -1.90. The Morgan fingerprint density at radius 3 is 2.58 bits per heavy atom. The van der Waals surface area contributed by atoms with Gasteiger partial charge in [0.1, 0.15) is 5.01 Å². The second-order valence-electron chi connectivity index (χ2n) is 4.38. The Morgan fingerprint density at radius 2 is 1.79 bits per heavy atom. The Hall–Kier alpha value is -2.00. The van der Waals surface area contributed by atoms with Crippen LogP contribution in [0.15, 0.2) is 59.6 Å². The molecule has 3 aromatic rings. The molecule has 2 nitrogen and oxygen atoms in total. The molecule has 0 amide bonds. The van der Waals surface area contributed by atoms with Crippen molar-refractivity contribution < 1.29 is 0 Å². The van der Waals surface area contributed by atoms with Gasteiger partial charge in [0.25, 0.3) is 0 Å². The molecule has 94 valence electrons. The molecule has 0 unspecified atom stereocenters. The predicted octanol–water partition coefficient (Wildman–Crippen LogP) is 4.48. The molecular weight excluding hydrogens is 252 g/mol. The maximum absolute atomic E-state index is 4.58. The monoisotopic (exact) mass is 266 g/mol. The Kier molecular flexibility index (Phi) is 3.38. The molecule has 0 aliphatic heterocycles. The number of rotatable bonds is 3. The van der Waals surface area contributed by atoms with E-state index < -0.39 is 0 Å². The summed E-state index contributed by atoms with van der Waals surface area (Å²) in [4.78, 5) is 9.13. The summed E-state index contributed by atoms with van der Waals surface area (Å²) >= 11 is 1.67. The van der Waals surface area contributed by atoms with Crippen LogP contribution in [0.5, 0.6) is 0 Å². The van der Waals surface area contributed by atoms with Crippen molar-refractivity contribution >= 4 is 27.8 Å². The van der Waals surface area contributed by atoms with Crippen molar-refractivity contribution in [1.82, 2.24) is 4.98 Å². The van der Waals surface area contributed by atoms with Gasteiger partial charge in [-0.1, -0.05) is 42.5 Å². The number of aromatic nitrogens is 1. The van der Waals surface area contributed by atoms with E-state index in [1.54, 1.807) is 11.3 Å². The summed E-state index contributed by atoms with van der Waals surface area (Å²) < 4.78 is 1.20. The van der Waals surface area contributed by atoms with Crippen LogP contribution in [0.3, 0.4) is 0 Å². The molecule has 3 heteroatoms. The van der Waals surface area contributed by atoms with Gasteiger partial charge in [0, 0.05) is 0 Å². The third-order valence-electron chi connectivity index (χ3n) is 3.00. The normalized spacial score (nSPS) is 13.1. The van der Waals surface area contributed by atoms with E-state index in [-0.39, 0.29) is 6.04 Å². The van der Waals surface area contributed by atoms with Crippen LogP contribution in [-0.2, 0) is 0 Å². The number of nitrogens with zero attached hydrogens (tertiary/aromatic N) is 2. The van der Waals surface area contributed by atoms with E-state index in [1.807, 2.05) is 42.6 Å². The molecule has 0 bridgehead atoms. The smallest absolute Gasteiger partial charge is 0.135 e. The highest BCUT2D eigenvalue weighted by atomic mass is 32.1. The number of hydrogen-bond donors (Lipinski definition) is 0. The summed E-state index contributed by atoms with van der Waals surface area (Å²) in [6.07, 6.45) is 1.88. The maximum Gasteiger partial charge on any atom is 0.135 e. The summed E-state index contributed by atoms with van der Waals surface area (Å²) in [6, 6.07) is 18.6. The van der Waals surface area contributed by atoms with Gasteiger partial charge in [-0.25, -0.2) is 4.98 Å². The molecule has 0 aliphatic rings. The molecule has 0 saturated heterocycles. The molecule has 0 radical (unpaired) electrons. The van der Waals surface area contributed by atoms with E-state index in [2.05, 4.69) is 35.1 Å². The summed E-state index contributed by atoms with van der Waals surface area (Å²) in [5, 5.41) is 0.962. The number of para-hydroxylation sites is 1. The third-order valence-corrected chi connectivity index (χ3v) is 3.97. The van der Waals surface area contributed by atoms with E-state index in [9.17, 15) is 0 Å². The fraction of sp³-hybridized carbons (Fsp3) is 0.125. The van der Waals surface area contributed by atoms with Crippen LogP contribution < -0.4 is 0 Å². The molecule has 1 aromatic heterocycles. The second-order valence-corrected chi connectivity index (χ2v) is 5.45. The topological polar surface area (TPSA) is 25.2 Å². The largest absolute Gasteiger partial charge is 0.282 e. The summed E-state index contributed by atoms with van der Waals surface area (Å²) in [5.74, 6) is 0. The minimum absolute atomic E-state index is 0.160. The van der Waals surface area contributed by atoms with Gasteiger partial charge in [0.15, 0.2) is 0 Å². The van der Waals surface area contributed by atoms with Crippen LogP contribution in [0.2, 0.25) is 0 Å². The third kappa shape index (κ3) is 2.71. The van der Waals surface area contributed by atoms with E-state index in [0.29, 0.717) is 0 Å².